The minimum absolute atomic E-state index is 0.440. The summed E-state index contributed by atoms with van der Waals surface area (Å²) in [7, 11) is 0. The molecule has 0 aliphatic carbocycles. The Morgan fingerprint density at radius 2 is 1.75 bits per heavy atom. The van der Waals surface area contributed by atoms with E-state index in [-0.39, 0.29) is 0 Å². The second kappa shape index (κ2) is 6.32. The van der Waals surface area contributed by atoms with Crippen LogP contribution < -0.4 is 0 Å². The van der Waals surface area contributed by atoms with Gasteiger partial charge in [0.15, 0.2) is 0 Å². The van der Waals surface area contributed by atoms with Crippen molar-refractivity contribution in [3.8, 4) is 0 Å². The minimum Gasteiger partial charge on any atom is -0.103 e. The SMILES string of the molecule is C=CC(CC)Cc1ccc(C(C)C=C)cc1. The van der Waals surface area contributed by atoms with Gasteiger partial charge in [0, 0.05) is 0 Å². The zero-order valence-corrected chi connectivity index (χ0v) is 10.4. The lowest BCUT2D eigenvalue weighted by molar-refractivity contribution is 0.626. The van der Waals surface area contributed by atoms with Crippen LogP contribution in [0, 0.1) is 5.92 Å². The Kier molecular flexibility index (Phi) is 5.04. The van der Waals surface area contributed by atoms with Gasteiger partial charge in [0.1, 0.15) is 0 Å². The first kappa shape index (κ1) is 12.8. The fourth-order valence-electron chi connectivity index (χ4n) is 1.79. The topological polar surface area (TPSA) is 0 Å². The predicted molar refractivity (Wildman–Crippen MR) is 72.7 cm³/mol. The Hall–Kier alpha value is -1.30. The van der Waals surface area contributed by atoms with E-state index in [0.717, 1.165) is 12.8 Å². The third-order valence-corrected chi connectivity index (χ3v) is 3.21. The maximum absolute atomic E-state index is 3.87. The van der Waals surface area contributed by atoms with Crippen molar-refractivity contribution in [2.24, 2.45) is 5.92 Å². The highest BCUT2D eigenvalue weighted by molar-refractivity contribution is 5.27. The summed E-state index contributed by atoms with van der Waals surface area (Å²) in [4.78, 5) is 0. The van der Waals surface area contributed by atoms with Crippen LogP contribution >= 0.6 is 0 Å². The summed E-state index contributed by atoms with van der Waals surface area (Å²) < 4.78 is 0. The molecular weight excluding hydrogens is 192 g/mol. The molecule has 2 atom stereocenters. The van der Waals surface area contributed by atoms with Crippen molar-refractivity contribution in [2.45, 2.75) is 32.6 Å². The molecule has 0 aliphatic rings. The summed E-state index contributed by atoms with van der Waals surface area (Å²) in [5.41, 5.74) is 2.73. The van der Waals surface area contributed by atoms with E-state index in [2.05, 4.69) is 57.3 Å². The predicted octanol–water partition coefficient (Wildman–Crippen LogP) is 4.73. The Morgan fingerprint density at radius 3 is 2.19 bits per heavy atom. The van der Waals surface area contributed by atoms with E-state index in [9.17, 15) is 0 Å². The van der Waals surface area contributed by atoms with E-state index in [4.69, 9.17) is 0 Å². The molecule has 0 heteroatoms. The van der Waals surface area contributed by atoms with E-state index in [1.807, 2.05) is 6.08 Å². The summed E-state index contributed by atoms with van der Waals surface area (Å²) in [5.74, 6) is 1.04. The quantitative estimate of drug-likeness (QED) is 0.600. The van der Waals surface area contributed by atoms with Crippen molar-refractivity contribution >= 4 is 0 Å². The molecule has 0 heterocycles. The standard InChI is InChI=1S/C16H22/c1-5-13(4)16-10-8-15(9-11-16)12-14(6-2)7-3/h5-6,8-11,13-14H,1-2,7,12H2,3-4H3. The summed E-state index contributed by atoms with van der Waals surface area (Å²) in [6, 6.07) is 8.86. The fraction of sp³-hybridized carbons (Fsp3) is 0.375. The van der Waals surface area contributed by atoms with Gasteiger partial charge in [-0.15, -0.1) is 13.2 Å². The molecule has 0 radical (unpaired) electrons. The molecular formula is C16H22. The van der Waals surface area contributed by atoms with Crippen LogP contribution in [0.5, 0.6) is 0 Å². The Bertz CT molecular complexity index is 332. The van der Waals surface area contributed by atoms with Crippen molar-refractivity contribution in [3.63, 3.8) is 0 Å². The molecule has 1 rings (SSSR count). The lowest BCUT2D eigenvalue weighted by Gasteiger charge is -2.11. The van der Waals surface area contributed by atoms with Crippen molar-refractivity contribution < 1.29 is 0 Å². The van der Waals surface area contributed by atoms with Gasteiger partial charge >= 0.3 is 0 Å². The summed E-state index contributed by atoms with van der Waals surface area (Å²) >= 11 is 0. The second-order valence-corrected chi connectivity index (χ2v) is 4.37. The molecule has 0 nitrogen and oxygen atoms in total. The fourth-order valence-corrected chi connectivity index (χ4v) is 1.79. The zero-order chi connectivity index (χ0) is 12.0. The maximum Gasteiger partial charge on any atom is -0.00131 e. The highest BCUT2D eigenvalue weighted by Gasteiger charge is 2.04. The van der Waals surface area contributed by atoms with Gasteiger partial charge in [-0.3, -0.25) is 0 Å². The molecule has 16 heavy (non-hydrogen) atoms. The molecule has 1 aromatic rings. The van der Waals surface area contributed by atoms with E-state index >= 15 is 0 Å². The first-order valence-electron chi connectivity index (χ1n) is 6.05. The largest absolute Gasteiger partial charge is 0.103 e. The molecule has 0 amide bonds. The number of hydrogen-bond donors (Lipinski definition) is 0. The molecule has 2 unspecified atom stereocenters. The van der Waals surface area contributed by atoms with Gasteiger partial charge in [0.2, 0.25) is 0 Å². The van der Waals surface area contributed by atoms with Crippen molar-refractivity contribution in [1.82, 2.24) is 0 Å². The van der Waals surface area contributed by atoms with E-state index < -0.39 is 0 Å². The van der Waals surface area contributed by atoms with Crippen molar-refractivity contribution in [3.05, 3.63) is 60.7 Å². The van der Waals surface area contributed by atoms with Crippen LogP contribution in [0.1, 0.15) is 37.3 Å². The van der Waals surface area contributed by atoms with Crippen LogP contribution in [-0.2, 0) is 6.42 Å². The maximum atomic E-state index is 3.87. The van der Waals surface area contributed by atoms with Crippen LogP contribution in [0.3, 0.4) is 0 Å². The van der Waals surface area contributed by atoms with E-state index in [1.54, 1.807) is 0 Å². The molecule has 0 bridgehead atoms. The van der Waals surface area contributed by atoms with Crippen LogP contribution in [0.25, 0.3) is 0 Å². The van der Waals surface area contributed by atoms with Crippen LogP contribution in [0.2, 0.25) is 0 Å². The summed E-state index contributed by atoms with van der Waals surface area (Å²) in [6.45, 7) is 12.1. The lowest BCUT2D eigenvalue weighted by Crippen LogP contribution is -1.99. The van der Waals surface area contributed by atoms with Gasteiger partial charge in [-0.25, -0.2) is 0 Å². The van der Waals surface area contributed by atoms with Gasteiger partial charge in [0.25, 0.3) is 0 Å². The highest BCUT2D eigenvalue weighted by Crippen LogP contribution is 2.19. The Labute approximate surface area is 99.7 Å². The van der Waals surface area contributed by atoms with E-state index in [1.165, 1.54) is 11.1 Å². The van der Waals surface area contributed by atoms with Crippen LogP contribution in [-0.4, -0.2) is 0 Å². The van der Waals surface area contributed by atoms with Crippen molar-refractivity contribution in [1.29, 1.82) is 0 Å². The summed E-state index contributed by atoms with van der Waals surface area (Å²) in [6.07, 6.45) is 6.30. The monoisotopic (exact) mass is 214 g/mol. The Morgan fingerprint density at radius 1 is 1.12 bits per heavy atom. The lowest BCUT2D eigenvalue weighted by atomic mass is 9.94. The van der Waals surface area contributed by atoms with Crippen LogP contribution in [0.15, 0.2) is 49.6 Å². The van der Waals surface area contributed by atoms with Gasteiger partial charge < -0.3 is 0 Å². The van der Waals surface area contributed by atoms with Gasteiger partial charge in [-0.05, 0) is 35.8 Å². The van der Waals surface area contributed by atoms with Crippen molar-refractivity contribution in [2.75, 3.05) is 0 Å². The zero-order valence-electron chi connectivity index (χ0n) is 10.4. The smallest absolute Gasteiger partial charge is 0.00131 e. The molecule has 1 aromatic carbocycles. The Balaban J connectivity index is 2.71. The number of allylic oxidation sites excluding steroid dienone is 2. The summed E-state index contributed by atoms with van der Waals surface area (Å²) in [5, 5.41) is 0. The first-order chi connectivity index (χ1) is 7.71. The first-order valence-corrected chi connectivity index (χ1v) is 6.05. The third kappa shape index (κ3) is 3.37. The average molecular weight is 214 g/mol. The normalized spacial score (nSPS) is 14.1. The molecule has 0 fully saturated rings. The van der Waals surface area contributed by atoms with Crippen LogP contribution in [0.4, 0.5) is 0 Å². The van der Waals surface area contributed by atoms with Gasteiger partial charge in [0.05, 0.1) is 0 Å². The molecule has 0 aliphatic heterocycles. The molecule has 0 saturated heterocycles. The molecule has 0 N–H and O–H groups in total. The highest BCUT2D eigenvalue weighted by atomic mass is 14.1. The minimum atomic E-state index is 0.440. The number of benzene rings is 1. The van der Waals surface area contributed by atoms with Gasteiger partial charge in [-0.2, -0.15) is 0 Å². The molecule has 0 aromatic heterocycles. The van der Waals surface area contributed by atoms with Gasteiger partial charge in [-0.1, -0.05) is 50.3 Å². The molecule has 0 saturated carbocycles. The molecule has 0 spiro atoms. The molecule has 86 valence electrons. The number of hydrogen-bond acceptors (Lipinski definition) is 0. The number of rotatable bonds is 6. The van der Waals surface area contributed by atoms with E-state index in [0.29, 0.717) is 11.8 Å². The second-order valence-electron chi connectivity index (χ2n) is 4.37. The average Bonchev–Trinajstić information content (AvgIpc) is 2.35. The third-order valence-electron chi connectivity index (χ3n) is 3.21.